The van der Waals surface area contributed by atoms with E-state index in [0.29, 0.717) is 11.8 Å². The second-order valence-electron chi connectivity index (χ2n) is 4.77. The van der Waals surface area contributed by atoms with Crippen LogP contribution in [-0.2, 0) is 9.47 Å². The highest BCUT2D eigenvalue weighted by Gasteiger charge is 2.08. The van der Waals surface area contributed by atoms with E-state index >= 15 is 0 Å². The topological polar surface area (TPSA) is 54.7 Å². The van der Waals surface area contributed by atoms with E-state index in [4.69, 9.17) is 14.9 Å². The first-order valence-electron chi connectivity index (χ1n) is 7.56. The van der Waals surface area contributed by atoms with Crippen LogP contribution in [0.4, 0.5) is 0 Å². The maximum atomic E-state index is 7.74. The van der Waals surface area contributed by atoms with Crippen molar-refractivity contribution in [3.8, 4) is 0 Å². The summed E-state index contributed by atoms with van der Waals surface area (Å²) < 4.78 is 11.0. The maximum Gasteiger partial charge on any atom is 0.257 e. The monoisotopic (exact) mass is 318 g/mol. The van der Waals surface area contributed by atoms with E-state index < -0.39 is 0 Å². The predicted molar refractivity (Wildman–Crippen MR) is 89.7 cm³/mol. The normalized spacial score (nSPS) is 18.9. The molecule has 0 amide bonds. The first-order chi connectivity index (χ1) is 9.83. The van der Waals surface area contributed by atoms with E-state index in [1.807, 2.05) is 0 Å². The van der Waals surface area contributed by atoms with Crippen LogP contribution in [0.1, 0.15) is 58.3 Å². The first kappa shape index (κ1) is 17.7. The van der Waals surface area contributed by atoms with Gasteiger partial charge in [-0.15, -0.1) is 0 Å². The molecule has 0 aromatic heterocycles. The van der Waals surface area contributed by atoms with Gasteiger partial charge in [0.25, 0.3) is 10.5 Å². The minimum Gasteiger partial charge on any atom is -0.473 e. The maximum absolute atomic E-state index is 7.74. The zero-order chi connectivity index (χ0) is 14.5. The number of aliphatic imine (C=N–C) groups is 1. The number of nitrogens with zero attached hydrogens (tertiary/aromatic N) is 1. The zero-order valence-electron chi connectivity index (χ0n) is 12.4. The summed E-state index contributed by atoms with van der Waals surface area (Å²) in [6.07, 6.45) is 9.34. The molecule has 0 fully saturated rings. The van der Waals surface area contributed by atoms with E-state index in [9.17, 15) is 0 Å². The minimum absolute atomic E-state index is 0.248. The van der Waals surface area contributed by atoms with Crippen molar-refractivity contribution in [2.45, 2.75) is 58.3 Å². The van der Waals surface area contributed by atoms with Gasteiger partial charge < -0.3 is 9.47 Å². The molecule has 0 aliphatic carbocycles. The smallest absolute Gasteiger partial charge is 0.257 e. The molecule has 0 atom stereocenters. The summed E-state index contributed by atoms with van der Waals surface area (Å²) >= 11 is 0. The Labute approximate surface area is 130 Å². The number of hydrogen-bond acceptors (Lipinski definition) is 6. The fourth-order valence-electron chi connectivity index (χ4n) is 1.78. The van der Waals surface area contributed by atoms with Crippen LogP contribution in [0.25, 0.3) is 0 Å². The summed E-state index contributed by atoms with van der Waals surface area (Å²) in [5, 5.41) is 8.68. The molecule has 4 nitrogen and oxygen atoms in total. The molecule has 0 spiro atoms. The second-order valence-corrected chi connectivity index (χ2v) is 6.83. The van der Waals surface area contributed by atoms with Crippen LogP contribution in [0.5, 0.6) is 0 Å². The third-order valence-corrected chi connectivity index (χ3v) is 4.81. The molecular formula is C14H26N2O2S2. The number of hydrogen-bond donors (Lipinski definition) is 1. The summed E-state index contributed by atoms with van der Waals surface area (Å²) in [5.41, 5.74) is 0. The van der Waals surface area contributed by atoms with Crippen LogP contribution in [0.15, 0.2) is 4.99 Å². The van der Waals surface area contributed by atoms with Crippen molar-refractivity contribution in [3.05, 3.63) is 0 Å². The lowest BCUT2D eigenvalue weighted by Gasteiger charge is -2.08. The van der Waals surface area contributed by atoms with Gasteiger partial charge in [-0.05, 0) is 25.7 Å². The van der Waals surface area contributed by atoms with E-state index in [0.717, 1.165) is 32.4 Å². The molecule has 20 heavy (non-hydrogen) atoms. The standard InChI is InChI=1S/C14H26N2O2S2/c1-2-3-4-8-11-17-13(15)19-20-14-16-10-7-5-6-9-12-18-14/h15H,2-12H2,1H3/b15-13?,16-14+. The van der Waals surface area contributed by atoms with E-state index in [-0.39, 0.29) is 5.23 Å². The molecule has 116 valence electrons. The molecule has 0 aromatic carbocycles. The Hall–Kier alpha value is -0.360. The average molecular weight is 319 g/mol. The molecular weight excluding hydrogens is 292 g/mol. The van der Waals surface area contributed by atoms with E-state index in [2.05, 4.69) is 11.9 Å². The highest BCUT2D eigenvalue weighted by Crippen LogP contribution is 2.26. The Morgan fingerprint density at radius 1 is 1.25 bits per heavy atom. The van der Waals surface area contributed by atoms with Crippen LogP contribution in [-0.4, -0.2) is 30.2 Å². The molecule has 0 radical (unpaired) electrons. The van der Waals surface area contributed by atoms with Crippen LogP contribution in [0, 0.1) is 5.41 Å². The van der Waals surface area contributed by atoms with Crippen molar-refractivity contribution in [1.82, 2.24) is 0 Å². The summed E-state index contributed by atoms with van der Waals surface area (Å²) in [6, 6.07) is 0. The Bertz CT molecular complexity index is 299. The van der Waals surface area contributed by atoms with Crippen LogP contribution < -0.4 is 0 Å². The third-order valence-electron chi connectivity index (χ3n) is 2.94. The molecule has 0 unspecified atom stereocenters. The highest BCUT2D eigenvalue weighted by atomic mass is 33.1. The Morgan fingerprint density at radius 2 is 2.10 bits per heavy atom. The minimum atomic E-state index is 0.248. The number of unbranched alkanes of at least 4 members (excludes halogenated alkanes) is 3. The summed E-state index contributed by atoms with van der Waals surface area (Å²) in [5.74, 6) is 0. The van der Waals surface area contributed by atoms with E-state index in [1.165, 1.54) is 53.7 Å². The molecule has 0 saturated carbocycles. The van der Waals surface area contributed by atoms with E-state index in [1.54, 1.807) is 0 Å². The molecule has 1 aliphatic heterocycles. The first-order valence-corrected chi connectivity index (χ1v) is 9.71. The lowest BCUT2D eigenvalue weighted by atomic mass is 10.2. The van der Waals surface area contributed by atoms with Crippen molar-refractivity contribution in [1.29, 1.82) is 5.41 Å². The Kier molecular flexibility index (Phi) is 11.0. The second kappa shape index (κ2) is 12.4. The van der Waals surface area contributed by atoms with Crippen molar-refractivity contribution < 1.29 is 9.47 Å². The van der Waals surface area contributed by atoms with Crippen LogP contribution >= 0.6 is 21.6 Å². The highest BCUT2D eigenvalue weighted by molar-refractivity contribution is 8.87. The van der Waals surface area contributed by atoms with Gasteiger partial charge in [0.1, 0.15) is 0 Å². The van der Waals surface area contributed by atoms with Gasteiger partial charge in [0.05, 0.1) is 13.2 Å². The third kappa shape index (κ3) is 9.53. The predicted octanol–water partition coefficient (Wildman–Crippen LogP) is 4.85. The van der Waals surface area contributed by atoms with Crippen molar-refractivity contribution in [2.75, 3.05) is 19.8 Å². The Morgan fingerprint density at radius 3 is 2.95 bits per heavy atom. The zero-order valence-corrected chi connectivity index (χ0v) is 14.0. The van der Waals surface area contributed by atoms with Gasteiger partial charge in [-0.1, -0.05) is 32.6 Å². The molecule has 1 rings (SSSR count). The van der Waals surface area contributed by atoms with Gasteiger partial charge in [0, 0.05) is 28.1 Å². The fourth-order valence-corrected chi connectivity index (χ4v) is 3.23. The van der Waals surface area contributed by atoms with Gasteiger partial charge in [-0.2, -0.15) is 0 Å². The quantitative estimate of drug-likeness (QED) is 0.341. The SMILES string of the molecule is CCCCCCOC(=N)SS/C1=N/CCCCCCO1. The van der Waals surface area contributed by atoms with Gasteiger partial charge in [-0.3, -0.25) is 5.41 Å². The number of ether oxygens (including phenoxy) is 2. The van der Waals surface area contributed by atoms with Crippen molar-refractivity contribution in [3.63, 3.8) is 0 Å². The van der Waals surface area contributed by atoms with Crippen LogP contribution in [0.2, 0.25) is 0 Å². The molecule has 1 N–H and O–H groups in total. The molecule has 0 bridgehead atoms. The van der Waals surface area contributed by atoms with Gasteiger partial charge in [0.2, 0.25) is 0 Å². The fraction of sp³-hybridized carbons (Fsp3) is 0.857. The van der Waals surface area contributed by atoms with Gasteiger partial charge >= 0.3 is 0 Å². The number of rotatable bonds is 5. The van der Waals surface area contributed by atoms with Crippen molar-refractivity contribution in [2.24, 2.45) is 4.99 Å². The Balaban J connectivity index is 2.11. The molecule has 0 aromatic rings. The molecule has 1 aliphatic rings. The van der Waals surface area contributed by atoms with Gasteiger partial charge in [0.15, 0.2) is 0 Å². The molecule has 1 heterocycles. The number of nitrogens with one attached hydrogen (secondary N) is 1. The lowest BCUT2D eigenvalue weighted by molar-refractivity contribution is 0.299. The summed E-state index contributed by atoms with van der Waals surface area (Å²) in [6.45, 7) is 4.39. The largest absolute Gasteiger partial charge is 0.473 e. The molecule has 6 heteroatoms. The van der Waals surface area contributed by atoms with Gasteiger partial charge in [-0.25, -0.2) is 4.99 Å². The van der Waals surface area contributed by atoms with Crippen LogP contribution in [0.3, 0.4) is 0 Å². The van der Waals surface area contributed by atoms with Crippen molar-refractivity contribution >= 4 is 32.0 Å². The molecule has 0 saturated heterocycles. The summed E-state index contributed by atoms with van der Waals surface area (Å²) in [4.78, 5) is 4.42. The average Bonchev–Trinajstić information content (AvgIpc) is 2.58. The summed E-state index contributed by atoms with van der Waals surface area (Å²) in [7, 11) is 2.69. The lowest BCUT2D eigenvalue weighted by Crippen LogP contribution is -2.03.